The van der Waals surface area contributed by atoms with Crippen molar-refractivity contribution in [2.45, 2.75) is 38.1 Å². The fourth-order valence-corrected chi connectivity index (χ4v) is 2.52. The summed E-state index contributed by atoms with van der Waals surface area (Å²) in [5.74, 6) is -1.00. The molecular formula is C13H17F2N. The topological polar surface area (TPSA) is 26.0 Å². The van der Waals surface area contributed by atoms with E-state index in [0.29, 0.717) is 5.92 Å². The molecule has 0 bridgehead atoms. The Bertz CT molecular complexity index is 365. The standard InChI is InChI=1S/C13H17F2N/c14-12-5-4-10(8-13(12)15)6-9-2-1-3-11(16)7-9/h4-5,8-9,11H,1-3,6-7,16H2. The van der Waals surface area contributed by atoms with E-state index in [0.717, 1.165) is 37.7 Å². The van der Waals surface area contributed by atoms with Crippen molar-refractivity contribution in [3.8, 4) is 0 Å². The van der Waals surface area contributed by atoms with Crippen LogP contribution >= 0.6 is 0 Å². The molecule has 0 amide bonds. The first-order valence-electron chi connectivity index (χ1n) is 5.84. The van der Waals surface area contributed by atoms with Gasteiger partial charge in [-0.2, -0.15) is 0 Å². The molecule has 0 aliphatic heterocycles. The number of hydrogen-bond acceptors (Lipinski definition) is 1. The summed E-state index contributed by atoms with van der Waals surface area (Å²) in [6.45, 7) is 0. The van der Waals surface area contributed by atoms with Crippen molar-refractivity contribution in [1.82, 2.24) is 0 Å². The van der Waals surface area contributed by atoms with Crippen LogP contribution in [0.4, 0.5) is 8.78 Å². The van der Waals surface area contributed by atoms with E-state index in [2.05, 4.69) is 0 Å². The molecule has 0 saturated heterocycles. The average Bonchev–Trinajstić information content (AvgIpc) is 2.24. The normalized spacial score (nSPS) is 25.7. The summed E-state index contributed by atoms with van der Waals surface area (Å²) < 4.78 is 25.8. The van der Waals surface area contributed by atoms with Crippen LogP contribution in [0.5, 0.6) is 0 Å². The molecule has 1 aliphatic rings. The van der Waals surface area contributed by atoms with Gasteiger partial charge in [-0.15, -0.1) is 0 Å². The zero-order valence-corrected chi connectivity index (χ0v) is 9.26. The van der Waals surface area contributed by atoms with Gasteiger partial charge in [-0.05, 0) is 42.9 Å². The van der Waals surface area contributed by atoms with Crippen molar-refractivity contribution in [3.05, 3.63) is 35.4 Å². The fraction of sp³-hybridized carbons (Fsp3) is 0.538. The second-order valence-corrected chi connectivity index (χ2v) is 4.75. The van der Waals surface area contributed by atoms with Gasteiger partial charge in [-0.25, -0.2) is 8.78 Å². The van der Waals surface area contributed by atoms with E-state index in [1.165, 1.54) is 12.1 Å². The minimum atomic E-state index is -0.774. The lowest BCUT2D eigenvalue weighted by Gasteiger charge is -2.26. The number of rotatable bonds is 2. The highest BCUT2D eigenvalue weighted by atomic mass is 19.2. The lowest BCUT2D eigenvalue weighted by Crippen LogP contribution is -2.28. The van der Waals surface area contributed by atoms with Crippen molar-refractivity contribution >= 4 is 0 Å². The van der Waals surface area contributed by atoms with Crippen molar-refractivity contribution in [3.63, 3.8) is 0 Å². The molecule has 0 heterocycles. The molecular weight excluding hydrogens is 208 g/mol. The van der Waals surface area contributed by atoms with E-state index >= 15 is 0 Å². The Hall–Kier alpha value is -0.960. The summed E-state index contributed by atoms with van der Waals surface area (Å²) in [5, 5.41) is 0. The maximum Gasteiger partial charge on any atom is 0.159 e. The maximum absolute atomic E-state index is 13.0. The van der Waals surface area contributed by atoms with Gasteiger partial charge in [0.25, 0.3) is 0 Å². The lowest BCUT2D eigenvalue weighted by molar-refractivity contribution is 0.320. The molecule has 88 valence electrons. The van der Waals surface area contributed by atoms with Crippen LogP contribution in [-0.2, 0) is 6.42 Å². The zero-order valence-electron chi connectivity index (χ0n) is 9.26. The van der Waals surface area contributed by atoms with E-state index in [1.54, 1.807) is 6.07 Å². The van der Waals surface area contributed by atoms with Gasteiger partial charge in [0.05, 0.1) is 0 Å². The van der Waals surface area contributed by atoms with Crippen LogP contribution in [0.25, 0.3) is 0 Å². The minimum Gasteiger partial charge on any atom is -0.328 e. The van der Waals surface area contributed by atoms with E-state index in [4.69, 9.17) is 5.73 Å². The summed E-state index contributed by atoms with van der Waals surface area (Å²) >= 11 is 0. The van der Waals surface area contributed by atoms with Gasteiger partial charge in [-0.3, -0.25) is 0 Å². The van der Waals surface area contributed by atoms with Crippen LogP contribution in [0.2, 0.25) is 0 Å². The minimum absolute atomic E-state index is 0.282. The highest BCUT2D eigenvalue weighted by Gasteiger charge is 2.19. The quantitative estimate of drug-likeness (QED) is 0.822. The molecule has 1 aliphatic carbocycles. The average molecular weight is 225 g/mol. The SMILES string of the molecule is NC1CCCC(Cc2ccc(F)c(F)c2)C1. The molecule has 2 atom stereocenters. The summed E-state index contributed by atoms with van der Waals surface area (Å²) in [5.41, 5.74) is 6.77. The molecule has 0 aromatic heterocycles. The molecule has 0 spiro atoms. The van der Waals surface area contributed by atoms with Gasteiger partial charge >= 0.3 is 0 Å². The third kappa shape index (κ3) is 2.79. The van der Waals surface area contributed by atoms with E-state index in [9.17, 15) is 8.78 Å². The summed E-state index contributed by atoms with van der Waals surface area (Å²) in [6, 6.07) is 4.45. The highest BCUT2D eigenvalue weighted by Crippen LogP contribution is 2.26. The summed E-state index contributed by atoms with van der Waals surface area (Å²) in [6.07, 6.45) is 5.19. The van der Waals surface area contributed by atoms with Crippen molar-refractivity contribution in [2.24, 2.45) is 11.7 Å². The van der Waals surface area contributed by atoms with Gasteiger partial charge in [0.1, 0.15) is 0 Å². The Labute approximate surface area is 94.7 Å². The fourth-order valence-electron chi connectivity index (χ4n) is 2.52. The van der Waals surface area contributed by atoms with Crippen LogP contribution in [0.15, 0.2) is 18.2 Å². The predicted octanol–water partition coefficient (Wildman–Crippen LogP) is 3.02. The Morgan fingerprint density at radius 1 is 1.19 bits per heavy atom. The second kappa shape index (κ2) is 4.91. The van der Waals surface area contributed by atoms with E-state index < -0.39 is 11.6 Å². The maximum atomic E-state index is 13.0. The molecule has 2 unspecified atom stereocenters. The van der Waals surface area contributed by atoms with Crippen molar-refractivity contribution in [2.75, 3.05) is 0 Å². The van der Waals surface area contributed by atoms with Crippen LogP contribution < -0.4 is 5.73 Å². The Morgan fingerprint density at radius 2 is 2.00 bits per heavy atom. The predicted molar refractivity (Wildman–Crippen MR) is 60.0 cm³/mol. The highest BCUT2D eigenvalue weighted by molar-refractivity contribution is 5.18. The number of halogens is 2. The molecule has 16 heavy (non-hydrogen) atoms. The van der Waals surface area contributed by atoms with E-state index in [-0.39, 0.29) is 6.04 Å². The monoisotopic (exact) mass is 225 g/mol. The van der Waals surface area contributed by atoms with Gasteiger partial charge < -0.3 is 5.73 Å². The first kappa shape index (κ1) is 11.5. The van der Waals surface area contributed by atoms with Crippen LogP contribution in [0.3, 0.4) is 0 Å². The Kier molecular flexibility index (Phi) is 3.54. The summed E-state index contributed by atoms with van der Waals surface area (Å²) in [4.78, 5) is 0. The first-order chi connectivity index (χ1) is 7.65. The largest absolute Gasteiger partial charge is 0.328 e. The molecule has 1 aromatic carbocycles. The van der Waals surface area contributed by atoms with Crippen molar-refractivity contribution in [1.29, 1.82) is 0 Å². The Morgan fingerprint density at radius 3 is 2.69 bits per heavy atom. The molecule has 1 aromatic rings. The molecule has 0 radical (unpaired) electrons. The van der Waals surface area contributed by atoms with Crippen LogP contribution in [0, 0.1) is 17.6 Å². The summed E-state index contributed by atoms with van der Waals surface area (Å²) in [7, 11) is 0. The molecule has 2 N–H and O–H groups in total. The third-order valence-corrected chi connectivity index (χ3v) is 3.33. The smallest absolute Gasteiger partial charge is 0.159 e. The van der Waals surface area contributed by atoms with Crippen molar-refractivity contribution < 1.29 is 8.78 Å². The molecule has 1 nitrogen and oxygen atoms in total. The molecule has 2 rings (SSSR count). The van der Waals surface area contributed by atoms with Crippen LogP contribution in [0.1, 0.15) is 31.2 Å². The molecule has 1 saturated carbocycles. The lowest BCUT2D eigenvalue weighted by atomic mass is 9.82. The van der Waals surface area contributed by atoms with Crippen LogP contribution in [-0.4, -0.2) is 6.04 Å². The second-order valence-electron chi connectivity index (χ2n) is 4.75. The first-order valence-corrected chi connectivity index (χ1v) is 5.84. The Balaban J connectivity index is 2.00. The molecule has 1 fully saturated rings. The zero-order chi connectivity index (χ0) is 11.5. The van der Waals surface area contributed by atoms with Gasteiger partial charge in [0.2, 0.25) is 0 Å². The van der Waals surface area contributed by atoms with Gasteiger partial charge in [0, 0.05) is 6.04 Å². The van der Waals surface area contributed by atoms with Gasteiger partial charge in [0.15, 0.2) is 11.6 Å². The number of benzene rings is 1. The van der Waals surface area contributed by atoms with Gasteiger partial charge in [-0.1, -0.05) is 18.9 Å². The number of nitrogens with two attached hydrogens (primary N) is 1. The third-order valence-electron chi connectivity index (χ3n) is 3.33. The molecule has 3 heteroatoms. The van der Waals surface area contributed by atoms with E-state index in [1.807, 2.05) is 0 Å². The number of hydrogen-bond donors (Lipinski definition) is 1.